The molecule has 7 heteroatoms. The second kappa shape index (κ2) is 6.18. The van der Waals surface area contributed by atoms with Crippen LogP contribution in [0.4, 0.5) is 11.6 Å². The van der Waals surface area contributed by atoms with Crippen LogP contribution in [-0.2, 0) is 0 Å². The van der Waals surface area contributed by atoms with Crippen molar-refractivity contribution >= 4 is 17.5 Å². The van der Waals surface area contributed by atoms with E-state index in [2.05, 4.69) is 25.3 Å². The molecule has 0 fully saturated rings. The molecule has 0 aromatic carbocycles. The Bertz CT molecular complexity index is 833. The Morgan fingerprint density at radius 2 is 2.00 bits per heavy atom. The molecule has 3 aromatic heterocycles. The van der Waals surface area contributed by atoms with Crippen molar-refractivity contribution in [1.82, 2.24) is 19.9 Å². The monoisotopic (exact) mass is 306 g/mol. The first-order chi connectivity index (χ1) is 11.1. The molecular weight excluding hydrogens is 292 g/mol. The lowest BCUT2D eigenvalue weighted by Crippen LogP contribution is -2.16. The van der Waals surface area contributed by atoms with Gasteiger partial charge in [0.05, 0.1) is 0 Å². The molecule has 23 heavy (non-hydrogen) atoms. The van der Waals surface area contributed by atoms with E-state index in [0.717, 1.165) is 11.1 Å². The van der Waals surface area contributed by atoms with Gasteiger partial charge in [-0.15, -0.1) is 0 Å². The molecule has 0 spiro atoms. The molecule has 3 heterocycles. The molecule has 3 N–H and O–H groups in total. The minimum Gasteiger partial charge on any atom is -0.383 e. The molecule has 7 nitrogen and oxygen atoms in total. The molecule has 3 aromatic rings. The van der Waals surface area contributed by atoms with E-state index < -0.39 is 5.91 Å². The molecular formula is C16H14N6O. The van der Waals surface area contributed by atoms with Crippen LogP contribution in [0.25, 0.3) is 11.4 Å². The van der Waals surface area contributed by atoms with E-state index >= 15 is 0 Å². The number of rotatable bonds is 3. The van der Waals surface area contributed by atoms with Gasteiger partial charge in [-0.05, 0) is 30.7 Å². The van der Waals surface area contributed by atoms with Crippen LogP contribution in [0.3, 0.4) is 0 Å². The maximum Gasteiger partial charge on any atom is 0.262 e. The van der Waals surface area contributed by atoms with Gasteiger partial charge in [-0.1, -0.05) is 6.07 Å². The van der Waals surface area contributed by atoms with Crippen LogP contribution < -0.4 is 11.1 Å². The number of aryl methyl sites for hydroxylation is 1. The highest BCUT2D eigenvalue weighted by Gasteiger charge is 2.14. The Labute approximate surface area is 132 Å². The number of nitrogen functional groups attached to an aromatic ring is 1. The van der Waals surface area contributed by atoms with Crippen molar-refractivity contribution in [2.45, 2.75) is 6.92 Å². The number of hydrogen-bond donors (Lipinski definition) is 2. The second-order valence-electron chi connectivity index (χ2n) is 4.91. The van der Waals surface area contributed by atoms with Crippen molar-refractivity contribution in [3.8, 4) is 11.4 Å². The summed E-state index contributed by atoms with van der Waals surface area (Å²) >= 11 is 0. The maximum atomic E-state index is 12.2. The highest BCUT2D eigenvalue weighted by Crippen LogP contribution is 2.17. The molecule has 0 aliphatic heterocycles. The smallest absolute Gasteiger partial charge is 0.262 e. The molecule has 0 bridgehead atoms. The molecule has 0 aliphatic carbocycles. The normalized spacial score (nSPS) is 10.3. The summed E-state index contributed by atoms with van der Waals surface area (Å²) in [6, 6.07) is 7.17. The van der Waals surface area contributed by atoms with Gasteiger partial charge in [0.1, 0.15) is 17.2 Å². The van der Waals surface area contributed by atoms with Crippen molar-refractivity contribution in [1.29, 1.82) is 0 Å². The Kier molecular flexibility index (Phi) is 3.92. The molecule has 0 saturated heterocycles. The number of nitrogens with zero attached hydrogens (tertiary/aromatic N) is 4. The number of amides is 1. The summed E-state index contributed by atoms with van der Waals surface area (Å²) in [6.45, 7) is 1.92. The zero-order chi connectivity index (χ0) is 16.2. The standard InChI is InChI=1S/C16H14N6O/c1-10-4-5-13(19-7-10)21-16(23)12-9-20-15(22-14(12)17)11-3-2-6-18-8-11/h2-9H,1H3,(H2,17,20,22)(H,19,21,23). The largest absolute Gasteiger partial charge is 0.383 e. The highest BCUT2D eigenvalue weighted by molar-refractivity contribution is 6.06. The van der Waals surface area contributed by atoms with Crippen molar-refractivity contribution in [3.05, 3.63) is 60.2 Å². The van der Waals surface area contributed by atoms with E-state index in [1.54, 1.807) is 30.7 Å². The number of nitrogens with two attached hydrogens (primary N) is 1. The number of nitrogens with one attached hydrogen (secondary N) is 1. The Morgan fingerprint density at radius 1 is 1.13 bits per heavy atom. The lowest BCUT2D eigenvalue weighted by atomic mass is 10.2. The third kappa shape index (κ3) is 3.29. The zero-order valence-corrected chi connectivity index (χ0v) is 12.4. The van der Waals surface area contributed by atoms with Gasteiger partial charge in [0, 0.05) is 30.4 Å². The summed E-state index contributed by atoms with van der Waals surface area (Å²) < 4.78 is 0. The molecule has 0 radical (unpaired) electrons. The van der Waals surface area contributed by atoms with Gasteiger partial charge in [0.25, 0.3) is 5.91 Å². The average molecular weight is 306 g/mol. The van der Waals surface area contributed by atoms with Gasteiger partial charge >= 0.3 is 0 Å². The zero-order valence-electron chi connectivity index (χ0n) is 12.4. The third-order valence-electron chi connectivity index (χ3n) is 3.14. The molecule has 0 aliphatic rings. The quantitative estimate of drug-likeness (QED) is 0.767. The van der Waals surface area contributed by atoms with E-state index in [9.17, 15) is 4.79 Å². The lowest BCUT2D eigenvalue weighted by Gasteiger charge is -2.07. The Hall–Kier alpha value is -3.35. The fourth-order valence-corrected chi connectivity index (χ4v) is 1.93. The number of carbonyl (C=O) groups excluding carboxylic acids is 1. The van der Waals surface area contributed by atoms with Gasteiger partial charge in [0.2, 0.25) is 0 Å². The first kappa shape index (κ1) is 14.6. The van der Waals surface area contributed by atoms with Gasteiger partial charge in [0.15, 0.2) is 5.82 Å². The van der Waals surface area contributed by atoms with Gasteiger partial charge in [-0.2, -0.15) is 0 Å². The van der Waals surface area contributed by atoms with E-state index in [4.69, 9.17) is 5.73 Å². The van der Waals surface area contributed by atoms with Gasteiger partial charge < -0.3 is 11.1 Å². The first-order valence-corrected chi connectivity index (χ1v) is 6.90. The maximum absolute atomic E-state index is 12.2. The summed E-state index contributed by atoms with van der Waals surface area (Å²) in [6.07, 6.45) is 6.35. The molecule has 114 valence electrons. The summed E-state index contributed by atoms with van der Waals surface area (Å²) in [7, 11) is 0. The average Bonchev–Trinajstić information content (AvgIpc) is 2.57. The first-order valence-electron chi connectivity index (χ1n) is 6.90. The second-order valence-corrected chi connectivity index (χ2v) is 4.91. The highest BCUT2D eigenvalue weighted by atomic mass is 16.1. The predicted octanol–water partition coefficient (Wildman–Crippen LogP) is 2.08. The van der Waals surface area contributed by atoms with Crippen LogP contribution >= 0.6 is 0 Å². The molecule has 3 rings (SSSR count). The van der Waals surface area contributed by atoms with Crippen molar-refractivity contribution in [2.24, 2.45) is 0 Å². The summed E-state index contributed by atoms with van der Waals surface area (Å²) in [5.41, 5.74) is 7.81. The van der Waals surface area contributed by atoms with E-state index in [1.807, 2.05) is 19.1 Å². The predicted molar refractivity (Wildman–Crippen MR) is 86.6 cm³/mol. The Balaban J connectivity index is 1.83. The number of hydrogen-bond acceptors (Lipinski definition) is 6. The third-order valence-corrected chi connectivity index (χ3v) is 3.14. The van der Waals surface area contributed by atoms with Crippen molar-refractivity contribution in [3.63, 3.8) is 0 Å². The van der Waals surface area contributed by atoms with E-state index in [-0.39, 0.29) is 11.4 Å². The van der Waals surface area contributed by atoms with Crippen LogP contribution in [0.1, 0.15) is 15.9 Å². The summed E-state index contributed by atoms with van der Waals surface area (Å²) in [5, 5.41) is 2.66. The molecule has 0 saturated carbocycles. The molecule has 1 amide bonds. The number of carbonyl (C=O) groups is 1. The van der Waals surface area contributed by atoms with Crippen LogP contribution in [0.15, 0.2) is 49.1 Å². The fourth-order valence-electron chi connectivity index (χ4n) is 1.93. The SMILES string of the molecule is Cc1ccc(NC(=O)c2cnc(-c3cccnc3)nc2N)nc1. The Morgan fingerprint density at radius 3 is 2.65 bits per heavy atom. The topological polar surface area (TPSA) is 107 Å². The van der Waals surface area contributed by atoms with Crippen LogP contribution in [0.5, 0.6) is 0 Å². The lowest BCUT2D eigenvalue weighted by molar-refractivity contribution is 0.102. The minimum atomic E-state index is -0.406. The van der Waals surface area contributed by atoms with Gasteiger partial charge in [-0.3, -0.25) is 9.78 Å². The van der Waals surface area contributed by atoms with E-state index in [1.165, 1.54) is 6.20 Å². The minimum absolute atomic E-state index is 0.100. The van der Waals surface area contributed by atoms with Crippen molar-refractivity contribution < 1.29 is 4.79 Å². The fraction of sp³-hybridized carbons (Fsp3) is 0.0625. The van der Waals surface area contributed by atoms with E-state index in [0.29, 0.717) is 11.6 Å². The molecule has 0 unspecified atom stereocenters. The number of pyridine rings is 2. The number of anilines is 2. The summed E-state index contributed by atoms with van der Waals surface area (Å²) in [4.78, 5) is 28.7. The van der Waals surface area contributed by atoms with Crippen LogP contribution in [0, 0.1) is 6.92 Å². The summed E-state index contributed by atoms with van der Waals surface area (Å²) in [5.74, 6) is 0.553. The van der Waals surface area contributed by atoms with Crippen molar-refractivity contribution in [2.75, 3.05) is 11.1 Å². The number of aromatic nitrogens is 4. The molecule has 0 atom stereocenters. The van der Waals surface area contributed by atoms with Crippen LogP contribution in [0.2, 0.25) is 0 Å². The van der Waals surface area contributed by atoms with Gasteiger partial charge in [-0.25, -0.2) is 15.0 Å². The van der Waals surface area contributed by atoms with Crippen LogP contribution in [-0.4, -0.2) is 25.8 Å².